The molecule has 5 rings (SSSR count). The van der Waals surface area contributed by atoms with Gasteiger partial charge in [-0.3, -0.25) is 4.99 Å². The van der Waals surface area contributed by atoms with Crippen LogP contribution in [0.25, 0.3) is 16.3 Å². The number of hydrogen-bond acceptors (Lipinski definition) is 3. The first kappa shape index (κ1) is 31.3. The Hall–Kier alpha value is -4.11. The number of allylic oxidation sites excluding steroid dienone is 2. The van der Waals surface area contributed by atoms with Gasteiger partial charge in [-0.25, -0.2) is 0 Å². The lowest BCUT2D eigenvalue weighted by molar-refractivity contribution is 0.532. The van der Waals surface area contributed by atoms with Crippen LogP contribution >= 0.6 is 0 Å². The molecule has 44 heavy (non-hydrogen) atoms. The molecule has 0 fully saturated rings. The Morgan fingerprint density at radius 3 is 2.41 bits per heavy atom. The topological polar surface area (TPSA) is 36.4 Å². The van der Waals surface area contributed by atoms with Crippen LogP contribution in [-0.4, -0.2) is 19.3 Å². The van der Waals surface area contributed by atoms with Crippen LogP contribution in [-0.2, 0) is 24.7 Å². The zero-order valence-corrected chi connectivity index (χ0v) is 27.6. The summed E-state index contributed by atoms with van der Waals surface area (Å²) >= 11 is 0. The Bertz CT molecular complexity index is 1700. The molecular weight excluding hydrogens is 534 g/mol. The van der Waals surface area contributed by atoms with Gasteiger partial charge in [0.05, 0.1) is 0 Å². The maximum absolute atomic E-state index is 4.94. The van der Waals surface area contributed by atoms with Gasteiger partial charge < -0.3 is 10.6 Å². The van der Waals surface area contributed by atoms with Crippen LogP contribution < -0.4 is 10.6 Å². The zero-order chi connectivity index (χ0) is 31.3. The Morgan fingerprint density at radius 2 is 1.66 bits per heavy atom. The van der Waals surface area contributed by atoms with E-state index in [1.54, 1.807) is 0 Å². The second-order valence-electron chi connectivity index (χ2n) is 13.2. The number of hydrogen-bond donors (Lipinski definition) is 2. The predicted octanol–water partition coefficient (Wildman–Crippen LogP) is 10.1. The van der Waals surface area contributed by atoms with Gasteiger partial charge in [-0.1, -0.05) is 108 Å². The fourth-order valence-electron chi connectivity index (χ4n) is 6.25. The summed E-state index contributed by atoms with van der Waals surface area (Å²) in [7, 11) is 0. The molecule has 0 aromatic heterocycles. The van der Waals surface area contributed by atoms with E-state index in [9.17, 15) is 0 Å². The molecule has 0 saturated carbocycles. The number of aliphatic imine (C=N–C) groups is 1. The standard InChI is InChI=1S/C41H49N3/c1-8-31-16-17-35(41(5,6)7)26-40(31)44-39-19-18-36(37-12-10-11-13-38(37)39)34-21-23-43-29(4)33(20-22-42-27-34)25-30-15-14-28(3)32(9-2)24-30/h10-19,21,24,26-27,33,43-44H,4,8-9,20,22-23,25H2,1-3,5-7H3/b34-21+,42-27?. The molecule has 228 valence electrons. The third-order valence-corrected chi connectivity index (χ3v) is 9.12. The van der Waals surface area contributed by atoms with E-state index in [4.69, 9.17) is 4.99 Å². The molecule has 3 heteroatoms. The summed E-state index contributed by atoms with van der Waals surface area (Å²) in [5.74, 6) is 0.352. The van der Waals surface area contributed by atoms with Gasteiger partial charge in [0, 0.05) is 47.7 Å². The molecule has 0 spiro atoms. The second kappa shape index (κ2) is 13.7. The van der Waals surface area contributed by atoms with E-state index < -0.39 is 0 Å². The van der Waals surface area contributed by atoms with E-state index in [0.717, 1.165) is 55.7 Å². The van der Waals surface area contributed by atoms with E-state index >= 15 is 0 Å². The summed E-state index contributed by atoms with van der Waals surface area (Å²) in [6.45, 7) is 19.4. The van der Waals surface area contributed by atoms with Crippen molar-refractivity contribution in [1.82, 2.24) is 5.32 Å². The van der Waals surface area contributed by atoms with E-state index in [1.165, 1.54) is 49.8 Å². The minimum atomic E-state index is 0.0921. The van der Waals surface area contributed by atoms with Gasteiger partial charge in [-0.05, 0) is 94.5 Å². The molecule has 0 saturated heterocycles. The van der Waals surface area contributed by atoms with Gasteiger partial charge in [0.1, 0.15) is 0 Å². The smallest absolute Gasteiger partial charge is 0.0464 e. The summed E-state index contributed by atoms with van der Waals surface area (Å²) < 4.78 is 0. The number of anilines is 2. The van der Waals surface area contributed by atoms with Crippen molar-refractivity contribution in [1.29, 1.82) is 0 Å². The molecule has 4 aromatic carbocycles. The normalized spacial score (nSPS) is 17.2. The molecule has 0 amide bonds. The highest BCUT2D eigenvalue weighted by atomic mass is 14.9. The van der Waals surface area contributed by atoms with Crippen LogP contribution in [0, 0.1) is 12.8 Å². The van der Waals surface area contributed by atoms with Crippen molar-refractivity contribution >= 4 is 33.9 Å². The highest BCUT2D eigenvalue weighted by molar-refractivity contribution is 6.16. The lowest BCUT2D eigenvalue weighted by atomic mass is 9.86. The number of aryl methyl sites for hydroxylation is 3. The molecule has 0 aliphatic carbocycles. The monoisotopic (exact) mass is 583 g/mol. The SMILES string of the molecule is C=C1NC/C=C(/c2ccc(Nc3cc(C(C)(C)C)ccc3CC)c3ccccc23)C=NCCC1Cc1ccc(C)c(CC)c1. The van der Waals surface area contributed by atoms with Crippen molar-refractivity contribution in [3.63, 3.8) is 0 Å². The van der Waals surface area contributed by atoms with Gasteiger partial charge in [0.25, 0.3) is 0 Å². The molecule has 3 nitrogen and oxygen atoms in total. The lowest BCUT2D eigenvalue weighted by Crippen LogP contribution is -2.23. The minimum absolute atomic E-state index is 0.0921. The maximum Gasteiger partial charge on any atom is 0.0464 e. The Morgan fingerprint density at radius 1 is 0.886 bits per heavy atom. The van der Waals surface area contributed by atoms with E-state index in [2.05, 4.69) is 144 Å². The first-order valence-electron chi connectivity index (χ1n) is 16.3. The fraction of sp³-hybridized carbons (Fsp3) is 0.341. The van der Waals surface area contributed by atoms with E-state index in [-0.39, 0.29) is 5.41 Å². The third-order valence-electron chi connectivity index (χ3n) is 9.12. The quantitative estimate of drug-likeness (QED) is 0.227. The van der Waals surface area contributed by atoms with Gasteiger partial charge in [-0.2, -0.15) is 0 Å². The largest absolute Gasteiger partial charge is 0.385 e. The van der Waals surface area contributed by atoms with Crippen LogP contribution in [0.1, 0.15) is 74.4 Å². The predicted molar refractivity (Wildman–Crippen MR) is 193 cm³/mol. The molecule has 2 N–H and O–H groups in total. The van der Waals surface area contributed by atoms with Crippen LogP contribution in [0.5, 0.6) is 0 Å². The summed E-state index contributed by atoms with van der Waals surface area (Å²) in [6, 6.07) is 26.9. The van der Waals surface area contributed by atoms with Crippen LogP contribution in [0.4, 0.5) is 11.4 Å². The van der Waals surface area contributed by atoms with Crippen LogP contribution in [0.15, 0.2) is 96.1 Å². The highest BCUT2D eigenvalue weighted by Crippen LogP contribution is 2.35. The van der Waals surface area contributed by atoms with Gasteiger partial charge in [-0.15, -0.1) is 0 Å². The summed E-state index contributed by atoms with van der Waals surface area (Å²) in [6.07, 6.45) is 8.34. The molecule has 1 heterocycles. The molecular formula is C41H49N3. The van der Waals surface area contributed by atoms with Gasteiger partial charge >= 0.3 is 0 Å². The van der Waals surface area contributed by atoms with Gasteiger partial charge in [0.15, 0.2) is 0 Å². The maximum atomic E-state index is 4.94. The molecule has 0 radical (unpaired) electrons. The molecule has 1 aliphatic heterocycles. The molecule has 4 aromatic rings. The van der Waals surface area contributed by atoms with E-state index in [1.807, 2.05) is 0 Å². The van der Waals surface area contributed by atoms with Crippen molar-refractivity contribution in [2.24, 2.45) is 10.9 Å². The zero-order valence-electron chi connectivity index (χ0n) is 27.6. The number of nitrogens with one attached hydrogen (secondary N) is 2. The molecule has 1 atom stereocenters. The van der Waals surface area contributed by atoms with Crippen molar-refractivity contribution < 1.29 is 0 Å². The first-order valence-corrected chi connectivity index (χ1v) is 16.3. The third kappa shape index (κ3) is 7.16. The summed E-state index contributed by atoms with van der Waals surface area (Å²) in [4.78, 5) is 4.94. The fourth-order valence-corrected chi connectivity index (χ4v) is 6.25. The number of rotatable bonds is 7. The molecule has 0 bridgehead atoms. The first-order chi connectivity index (χ1) is 21.2. The lowest BCUT2D eigenvalue weighted by Gasteiger charge is -2.23. The number of benzene rings is 4. The van der Waals surface area contributed by atoms with Crippen molar-refractivity contribution in [3.05, 3.63) is 125 Å². The second-order valence-corrected chi connectivity index (χ2v) is 13.2. The molecule has 1 unspecified atom stereocenters. The van der Waals surface area contributed by atoms with Crippen LogP contribution in [0.3, 0.4) is 0 Å². The van der Waals surface area contributed by atoms with Crippen molar-refractivity contribution in [2.75, 3.05) is 18.4 Å². The van der Waals surface area contributed by atoms with Crippen LogP contribution in [0.2, 0.25) is 0 Å². The summed E-state index contributed by atoms with van der Waals surface area (Å²) in [5, 5.41) is 9.89. The van der Waals surface area contributed by atoms with Gasteiger partial charge in [0.2, 0.25) is 0 Å². The minimum Gasteiger partial charge on any atom is -0.385 e. The highest BCUT2D eigenvalue weighted by Gasteiger charge is 2.18. The summed E-state index contributed by atoms with van der Waals surface area (Å²) in [5.41, 5.74) is 12.7. The molecule has 1 aliphatic rings. The van der Waals surface area contributed by atoms with E-state index in [0.29, 0.717) is 5.92 Å². The number of nitrogens with zero attached hydrogens (tertiary/aromatic N) is 1. The average Bonchev–Trinajstić information content (AvgIpc) is 3.02. The van der Waals surface area contributed by atoms with Crippen molar-refractivity contribution in [2.45, 2.75) is 72.6 Å². The Kier molecular flexibility index (Phi) is 9.74. The Labute approximate surface area is 265 Å². The van der Waals surface area contributed by atoms with Crippen molar-refractivity contribution in [3.8, 4) is 0 Å². The average molecular weight is 584 g/mol. The Balaban J connectivity index is 1.39. The number of fused-ring (bicyclic) bond motifs is 1.